The molecule has 1 amide bonds. The molecule has 0 unspecified atom stereocenters. The van der Waals surface area contributed by atoms with Crippen molar-refractivity contribution in [3.63, 3.8) is 0 Å². The van der Waals surface area contributed by atoms with Crippen molar-refractivity contribution in [3.8, 4) is 0 Å². The maximum Gasteiger partial charge on any atom is 0.249 e. The Morgan fingerprint density at radius 2 is 1.96 bits per heavy atom. The second kappa shape index (κ2) is 6.63. The van der Waals surface area contributed by atoms with Crippen LogP contribution >= 0.6 is 0 Å². The van der Waals surface area contributed by atoms with Crippen LogP contribution in [0.2, 0.25) is 0 Å². The molecule has 0 aromatic carbocycles. The van der Waals surface area contributed by atoms with Gasteiger partial charge in [-0.2, -0.15) is 0 Å². The zero-order valence-corrected chi connectivity index (χ0v) is 13.9. The molecule has 1 aliphatic carbocycles. The highest BCUT2D eigenvalue weighted by molar-refractivity contribution is 5.80. The van der Waals surface area contributed by atoms with Crippen LogP contribution in [0.15, 0.2) is 0 Å². The van der Waals surface area contributed by atoms with Gasteiger partial charge in [-0.25, -0.2) is 8.78 Å². The van der Waals surface area contributed by atoms with E-state index in [1.807, 2.05) is 6.92 Å². The summed E-state index contributed by atoms with van der Waals surface area (Å²) in [7, 11) is 0. The molecule has 0 bridgehead atoms. The van der Waals surface area contributed by atoms with E-state index in [9.17, 15) is 13.6 Å². The Kier molecular flexibility index (Phi) is 4.93. The summed E-state index contributed by atoms with van der Waals surface area (Å²) >= 11 is 0. The van der Waals surface area contributed by atoms with Gasteiger partial charge >= 0.3 is 0 Å². The topological polar surface area (TPSA) is 38.8 Å². The van der Waals surface area contributed by atoms with Crippen molar-refractivity contribution >= 4 is 5.91 Å². The molecule has 1 spiro atoms. The molecule has 0 aromatic rings. The minimum atomic E-state index is -2.62. The third-order valence-electron chi connectivity index (χ3n) is 5.96. The molecule has 4 nitrogen and oxygen atoms in total. The number of halogens is 2. The second-order valence-corrected chi connectivity index (χ2v) is 7.33. The molecule has 0 radical (unpaired) electrons. The van der Waals surface area contributed by atoms with Crippen LogP contribution in [0.1, 0.15) is 39.0 Å². The van der Waals surface area contributed by atoms with Crippen molar-refractivity contribution in [1.29, 1.82) is 0 Å². The summed E-state index contributed by atoms with van der Waals surface area (Å²) in [4.78, 5) is 14.1. The van der Waals surface area contributed by atoms with Crippen LogP contribution in [-0.2, 0) is 14.3 Å². The van der Waals surface area contributed by atoms with Gasteiger partial charge in [-0.05, 0) is 31.6 Å². The maximum atomic E-state index is 13.0. The summed E-state index contributed by atoms with van der Waals surface area (Å²) in [5.74, 6) is -2.78. The number of likely N-dealkylation sites (tertiary alicyclic amines) is 1. The van der Waals surface area contributed by atoms with Gasteiger partial charge in [0, 0.05) is 51.0 Å². The lowest BCUT2D eigenvalue weighted by Gasteiger charge is -2.50. The summed E-state index contributed by atoms with van der Waals surface area (Å²) in [6.45, 7) is 6.26. The first kappa shape index (κ1) is 17.1. The van der Waals surface area contributed by atoms with Crippen molar-refractivity contribution in [2.75, 3.05) is 39.5 Å². The third-order valence-corrected chi connectivity index (χ3v) is 5.96. The zero-order valence-electron chi connectivity index (χ0n) is 13.9. The Bertz CT molecular complexity index is 428. The fourth-order valence-electron chi connectivity index (χ4n) is 4.29. The second-order valence-electron chi connectivity index (χ2n) is 7.33. The normalized spacial score (nSPS) is 30.2. The third kappa shape index (κ3) is 3.53. The van der Waals surface area contributed by atoms with Gasteiger partial charge in [0.15, 0.2) is 0 Å². The van der Waals surface area contributed by atoms with Crippen molar-refractivity contribution < 1.29 is 23.0 Å². The molecule has 1 atom stereocenters. The van der Waals surface area contributed by atoms with E-state index < -0.39 is 11.8 Å². The van der Waals surface area contributed by atoms with Gasteiger partial charge in [-0.15, -0.1) is 0 Å². The number of ether oxygens (including phenoxy) is 2. The molecule has 132 valence electrons. The molecular formula is C17H27F2NO3. The van der Waals surface area contributed by atoms with Crippen molar-refractivity contribution in [1.82, 2.24) is 4.90 Å². The Morgan fingerprint density at radius 1 is 1.26 bits per heavy atom. The number of carbonyl (C=O) groups excluding carboxylic acids is 1. The van der Waals surface area contributed by atoms with Gasteiger partial charge in [0.2, 0.25) is 11.8 Å². The Morgan fingerprint density at radius 3 is 2.57 bits per heavy atom. The molecule has 0 aromatic heterocycles. The highest BCUT2D eigenvalue weighted by Crippen LogP contribution is 2.47. The van der Waals surface area contributed by atoms with E-state index in [0.717, 1.165) is 32.5 Å². The van der Waals surface area contributed by atoms with Gasteiger partial charge < -0.3 is 14.4 Å². The molecule has 3 rings (SSSR count). The number of piperidine rings is 1. The smallest absolute Gasteiger partial charge is 0.249 e. The quantitative estimate of drug-likeness (QED) is 0.795. The fraction of sp³-hybridized carbons (Fsp3) is 0.941. The number of carbonyl (C=O) groups is 1. The first-order chi connectivity index (χ1) is 11.0. The molecular weight excluding hydrogens is 304 g/mol. The van der Waals surface area contributed by atoms with E-state index >= 15 is 0 Å². The van der Waals surface area contributed by atoms with E-state index in [-0.39, 0.29) is 24.2 Å². The average molecular weight is 331 g/mol. The van der Waals surface area contributed by atoms with E-state index in [2.05, 4.69) is 0 Å². The first-order valence-corrected chi connectivity index (χ1v) is 8.78. The van der Waals surface area contributed by atoms with Gasteiger partial charge in [0.1, 0.15) is 0 Å². The van der Waals surface area contributed by atoms with E-state index in [0.29, 0.717) is 32.2 Å². The van der Waals surface area contributed by atoms with Crippen LogP contribution < -0.4 is 0 Å². The highest BCUT2D eigenvalue weighted by atomic mass is 19.3. The SMILES string of the molecule is CCOC[C@H]1COCCC12CCN(C(=O)C1CC(F)(F)C1)CC2. The molecule has 3 aliphatic rings. The molecule has 3 fully saturated rings. The van der Waals surface area contributed by atoms with Crippen LogP contribution in [-0.4, -0.2) is 56.2 Å². The summed E-state index contributed by atoms with van der Waals surface area (Å²) < 4.78 is 37.2. The molecule has 0 N–H and O–H groups in total. The predicted molar refractivity (Wildman–Crippen MR) is 81.3 cm³/mol. The Labute approximate surface area is 136 Å². The minimum absolute atomic E-state index is 0.0702. The van der Waals surface area contributed by atoms with Crippen LogP contribution in [0.25, 0.3) is 0 Å². The predicted octanol–water partition coefficient (Wildman–Crippen LogP) is 2.71. The van der Waals surface area contributed by atoms with Gasteiger partial charge in [-0.1, -0.05) is 0 Å². The molecule has 2 saturated heterocycles. The number of amides is 1. The van der Waals surface area contributed by atoms with Crippen molar-refractivity contribution in [2.24, 2.45) is 17.3 Å². The number of hydrogen-bond acceptors (Lipinski definition) is 3. The van der Waals surface area contributed by atoms with Crippen LogP contribution in [0, 0.1) is 17.3 Å². The lowest BCUT2D eigenvalue weighted by Crippen LogP contribution is -2.53. The molecule has 6 heteroatoms. The van der Waals surface area contributed by atoms with Gasteiger partial charge in [0.05, 0.1) is 13.2 Å². The number of nitrogens with zero attached hydrogens (tertiary/aromatic N) is 1. The standard InChI is InChI=1S/C17H27F2NO3/c1-2-22-11-14-12-23-8-5-16(14)3-6-20(7-4-16)15(21)13-9-17(18,19)10-13/h13-14H,2-12H2,1H3/t14-/m0/s1. The Hall–Kier alpha value is -0.750. The van der Waals surface area contributed by atoms with E-state index in [1.165, 1.54) is 0 Å². The lowest BCUT2D eigenvalue weighted by molar-refractivity contribution is -0.164. The zero-order chi connectivity index (χ0) is 16.5. The summed E-state index contributed by atoms with van der Waals surface area (Å²) in [5.41, 5.74) is 0.188. The number of alkyl halides is 2. The first-order valence-electron chi connectivity index (χ1n) is 8.78. The monoisotopic (exact) mass is 331 g/mol. The van der Waals surface area contributed by atoms with Gasteiger partial charge in [-0.3, -0.25) is 4.79 Å². The molecule has 2 aliphatic heterocycles. The summed E-state index contributed by atoms with van der Waals surface area (Å²) in [5, 5.41) is 0. The number of rotatable bonds is 4. The largest absolute Gasteiger partial charge is 0.381 e. The van der Waals surface area contributed by atoms with Crippen molar-refractivity contribution in [3.05, 3.63) is 0 Å². The number of hydrogen-bond donors (Lipinski definition) is 0. The van der Waals surface area contributed by atoms with E-state index in [4.69, 9.17) is 9.47 Å². The van der Waals surface area contributed by atoms with E-state index in [1.54, 1.807) is 4.90 Å². The van der Waals surface area contributed by atoms with Crippen LogP contribution in [0.5, 0.6) is 0 Å². The van der Waals surface area contributed by atoms with Crippen molar-refractivity contribution in [2.45, 2.75) is 45.0 Å². The van der Waals surface area contributed by atoms with Gasteiger partial charge in [0.25, 0.3) is 0 Å². The molecule has 2 heterocycles. The highest BCUT2D eigenvalue weighted by Gasteiger charge is 2.51. The average Bonchev–Trinajstić information content (AvgIpc) is 2.52. The Balaban J connectivity index is 1.55. The van der Waals surface area contributed by atoms with Crippen LogP contribution in [0.4, 0.5) is 8.78 Å². The molecule has 1 saturated carbocycles. The lowest BCUT2D eigenvalue weighted by atomic mass is 9.66. The fourth-order valence-corrected chi connectivity index (χ4v) is 4.29. The molecule has 23 heavy (non-hydrogen) atoms. The maximum absolute atomic E-state index is 13.0. The minimum Gasteiger partial charge on any atom is -0.381 e. The summed E-state index contributed by atoms with van der Waals surface area (Å²) in [6, 6.07) is 0. The van der Waals surface area contributed by atoms with Crippen LogP contribution in [0.3, 0.4) is 0 Å². The summed E-state index contributed by atoms with van der Waals surface area (Å²) in [6.07, 6.45) is 2.34.